The molecule has 4 aliphatic rings. The van der Waals surface area contributed by atoms with E-state index >= 15 is 0 Å². The topological polar surface area (TPSA) is 91.3 Å². The first-order valence-electron chi connectivity index (χ1n) is 12.9. The molecule has 0 atom stereocenters. The number of carboxylic acid groups (broad SMARTS) is 1. The molecule has 4 bridgehead atoms. The van der Waals surface area contributed by atoms with E-state index in [1.165, 1.54) is 50.2 Å². The molecule has 4 saturated carbocycles. The third-order valence-electron chi connectivity index (χ3n) is 8.44. The summed E-state index contributed by atoms with van der Waals surface area (Å²) >= 11 is 0. The van der Waals surface area contributed by atoms with Crippen molar-refractivity contribution in [3.05, 3.63) is 83.6 Å². The lowest BCUT2D eigenvalue weighted by atomic mass is 9.48. The molecule has 0 unspecified atom stereocenters. The first-order valence-corrected chi connectivity index (χ1v) is 12.9. The second kappa shape index (κ2) is 9.08. The molecule has 1 heterocycles. The molecule has 0 radical (unpaired) electrons. The number of amides is 1. The standard InChI is InChI=1S/C30H31N3O3/c34-27(15-19-3-7-25(8-4-19)33-28-26(29(35)36)2-1-11-31-28)32-24-9-5-23(6-10-24)30-16-20-12-21(17-30)14-22(13-20)18-30/h1-11,20-22H,12-18H2,(H,31,33)(H,32,34)(H,35,36). The molecule has 3 N–H and O–H groups in total. The smallest absolute Gasteiger partial charge is 0.339 e. The van der Waals surface area contributed by atoms with E-state index in [9.17, 15) is 14.7 Å². The van der Waals surface area contributed by atoms with Gasteiger partial charge in [0.1, 0.15) is 11.4 Å². The normalized spacial score (nSPS) is 25.9. The van der Waals surface area contributed by atoms with Crippen molar-refractivity contribution in [3.8, 4) is 0 Å². The lowest BCUT2D eigenvalue weighted by Gasteiger charge is -2.57. The fraction of sp³-hybridized carbons (Fsp3) is 0.367. The Balaban J connectivity index is 1.06. The van der Waals surface area contributed by atoms with E-state index in [1.54, 1.807) is 12.3 Å². The van der Waals surface area contributed by atoms with E-state index < -0.39 is 5.97 Å². The van der Waals surface area contributed by atoms with Gasteiger partial charge in [-0.3, -0.25) is 4.79 Å². The van der Waals surface area contributed by atoms with Gasteiger partial charge in [0.15, 0.2) is 0 Å². The average molecular weight is 482 g/mol. The van der Waals surface area contributed by atoms with Crippen molar-refractivity contribution in [1.29, 1.82) is 0 Å². The van der Waals surface area contributed by atoms with Crippen molar-refractivity contribution in [3.63, 3.8) is 0 Å². The maximum atomic E-state index is 12.7. The maximum absolute atomic E-state index is 12.7. The lowest BCUT2D eigenvalue weighted by molar-refractivity contribution is -0.115. The predicted octanol–water partition coefficient (Wildman–Crippen LogP) is 6.17. The Morgan fingerprint density at radius 2 is 1.47 bits per heavy atom. The summed E-state index contributed by atoms with van der Waals surface area (Å²) < 4.78 is 0. The fourth-order valence-corrected chi connectivity index (χ4v) is 7.28. The largest absolute Gasteiger partial charge is 0.478 e. The summed E-state index contributed by atoms with van der Waals surface area (Å²) in [7, 11) is 0. The number of nitrogens with one attached hydrogen (secondary N) is 2. The van der Waals surface area contributed by atoms with Gasteiger partial charge in [0.25, 0.3) is 0 Å². The van der Waals surface area contributed by atoms with Crippen LogP contribution < -0.4 is 10.6 Å². The molecule has 4 fully saturated rings. The van der Waals surface area contributed by atoms with Crippen LogP contribution in [0.4, 0.5) is 17.2 Å². The number of carbonyl (C=O) groups excluding carboxylic acids is 1. The number of nitrogens with zero attached hydrogens (tertiary/aromatic N) is 1. The summed E-state index contributed by atoms with van der Waals surface area (Å²) in [4.78, 5) is 28.2. The Hall–Kier alpha value is -3.67. The minimum absolute atomic E-state index is 0.0591. The molecule has 7 rings (SSSR count). The van der Waals surface area contributed by atoms with Gasteiger partial charge in [0.05, 0.1) is 6.42 Å². The first kappa shape index (κ1) is 22.8. The van der Waals surface area contributed by atoms with Crippen LogP contribution >= 0.6 is 0 Å². The number of pyridine rings is 1. The van der Waals surface area contributed by atoms with Crippen molar-refractivity contribution >= 4 is 29.1 Å². The van der Waals surface area contributed by atoms with Crippen LogP contribution in [0, 0.1) is 17.8 Å². The second-order valence-corrected chi connectivity index (χ2v) is 11.0. The van der Waals surface area contributed by atoms with Gasteiger partial charge in [-0.2, -0.15) is 0 Å². The van der Waals surface area contributed by atoms with Crippen molar-refractivity contribution in [2.75, 3.05) is 10.6 Å². The molecule has 36 heavy (non-hydrogen) atoms. The molecular weight excluding hydrogens is 450 g/mol. The van der Waals surface area contributed by atoms with E-state index in [0.717, 1.165) is 29.0 Å². The lowest BCUT2D eigenvalue weighted by Crippen LogP contribution is -2.48. The highest BCUT2D eigenvalue weighted by molar-refractivity contribution is 5.94. The molecule has 1 amide bonds. The SMILES string of the molecule is O=C(Cc1ccc(Nc2ncccc2C(=O)O)cc1)Nc1ccc(C23CC4CC(CC(C4)C2)C3)cc1. The van der Waals surface area contributed by atoms with Gasteiger partial charge in [-0.05, 0) is 109 Å². The van der Waals surface area contributed by atoms with Gasteiger partial charge in [-0.25, -0.2) is 9.78 Å². The molecule has 1 aromatic heterocycles. The Labute approximate surface area is 211 Å². The highest BCUT2D eigenvalue weighted by Gasteiger charge is 2.51. The van der Waals surface area contributed by atoms with E-state index in [0.29, 0.717) is 11.1 Å². The predicted molar refractivity (Wildman–Crippen MR) is 140 cm³/mol. The van der Waals surface area contributed by atoms with Crippen LogP contribution in [0.25, 0.3) is 0 Å². The minimum atomic E-state index is -1.04. The third-order valence-corrected chi connectivity index (χ3v) is 8.44. The van der Waals surface area contributed by atoms with Crippen LogP contribution in [-0.2, 0) is 16.6 Å². The Bertz CT molecular complexity index is 1250. The molecule has 2 aromatic carbocycles. The maximum Gasteiger partial charge on any atom is 0.339 e. The minimum Gasteiger partial charge on any atom is -0.478 e. The summed E-state index contributed by atoms with van der Waals surface area (Å²) in [5, 5.41) is 15.4. The number of carbonyl (C=O) groups is 2. The van der Waals surface area contributed by atoms with Crippen LogP contribution in [0.15, 0.2) is 66.9 Å². The fourth-order valence-electron chi connectivity index (χ4n) is 7.28. The Morgan fingerprint density at radius 3 is 2.08 bits per heavy atom. The second-order valence-electron chi connectivity index (χ2n) is 11.0. The zero-order valence-corrected chi connectivity index (χ0v) is 20.2. The average Bonchev–Trinajstić information content (AvgIpc) is 2.85. The number of anilines is 3. The van der Waals surface area contributed by atoms with Gasteiger partial charge in [0.2, 0.25) is 5.91 Å². The van der Waals surface area contributed by atoms with Crippen molar-refractivity contribution in [2.45, 2.75) is 50.4 Å². The van der Waals surface area contributed by atoms with Crippen molar-refractivity contribution in [2.24, 2.45) is 17.8 Å². The zero-order valence-electron chi connectivity index (χ0n) is 20.2. The van der Waals surface area contributed by atoms with E-state index in [-0.39, 0.29) is 23.7 Å². The molecule has 3 aromatic rings. The van der Waals surface area contributed by atoms with Crippen LogP contribution in [0.2, 0.25) is 0 Å². The van der Waals surface area contributed by atoms with Crippen LogP contribution in [0.5, 0.6) is 0 Å². The van der Waals surface area contributed by atoms with Gasteiger partial charge in [-0.15, -0.1) is 0 Å². The van der Waals surface area contributed by atoms with E-state index in [4.69, 9.17) is 0 Å². The number of hydrogen-bond acceptors (Lipinski definition) is 4. The van der Waals surface area contributed by atoms with E-state index in [1.807, 2.05) is 24.3 Å². The molecule has 4 aliphatic carbocycles. The summed E-state index contributed by atoms with van der Waals surface area (Å²) in [5.41, 5.74) is 4.36. The summed E-state index contributed by atoms with van der Waals surface area (Å²) in [6, 6.07) is 19.1. The highest BCUT2D eigenvalue weighted by atomic mass is 16.4. The van der Waals surface area contributed by atoms with Gasteiger partial charge in [0, 0.05) is 17.6 Å². The molecule has 184 valence electrons. The molecule has 6 heteroatoms. The van der Waals surface area contributed by atoms with E-state index in [2.05, 4.69) is 39.9 Å². The number of rotatable bonds is 7. The van der Waals surface area contributed by atoms with Crippen LogP contribution in [0.3, 0.4) is 0 Å². The van der Waals surface area contributed by atoms with Crippen molar-refractivity contribution in [1.82, 2.24) is 4.98 Å². The molecule has 0 aliphatic heterocycles. The Kier molecular flexibility index (Phi) is 5.75. The highest BCUT2D eigenvalue weighted by Crippen LogP contribution is 2.60. The van der Waals surface area contributed by atoms with Crippen LogP contribution in [-0.4, -0.2) is 22.0 Å². The number of aromatic nitrogens is 1. The monoisotopic (exact) mass is 481 g/mol. The quantitative estimate of drug-likeness (QED) is 0.375. The van der Waals surface area contributed by atoms with Crippen LogP contribution in [0.1, 0.15) is 60.0 Å². The molecular formula is C30H31N3O3. The number of benzene rings is 2. The number of hydrogen-bond donors (Lipinski definition) is 3. The summed E-state index contributed by atoms with van der Waals surface area (Å²) in [6.07, 6.45) is 10.2. The number of aromatic carboxylic acids is 1. The van der Waals surface area contributed by atoms with Gasteiger partial charge in [-0.1, -0.05) is 24.3 Å². The first-order chi connectivity index (χ1) is 17.5. The molecule has 6 nitrogen and oxygen atoms in total. The van der Waals surface area contributed by atoms with Gasteiger partial charge >= 0.3 is 5.97 Å². The summed E-state index contributed by atoms with van der Waals surface area (Å²) in [6.45, 7) is 0. The molecule has 0 spiro atoms. The molecule has 0 saturated heterocycles. The summed E-state index contributed by atoms with van der Waals surface area (Å²) in [5.74, 6) is 1.94. The van der Waals surface area contributed by atoms with Gasteiger partial charge < -0.3 is 15.7 Å². The van der Waals surface area contributed by atoms with Crippen molar-refractivity contribution < 1.29 is 14.7 Å². The zero-order chi connectivity index (χ0) is 24.7. The number of carboxylic acids is 1. The Morgan fingerprint density at radius 1 is 0.861 bits per heavy atom. The third kappa shape index (κ3) is 4.48.